The minimum atomic E-state index is -1.06. The Morgan fingerprint density at radius 3 is 2.73 bits per heavy atom. The number of esters is 1. The van der Waals surface area contributed by atoms with Gasteiger partial charge in [0.2, 0.25) is 0 Å². The van der Waals surface area contributed by atoms with Gasteiger partial charge in [0.1, 0.15) is 12.1 Å². The van der Waals surface area contributed by atoms with E-state index in [0.717, 1.165) is 0 Å². The fourth-order valence-corrected chi connectivity index (χ4v) is 1.14. The van der Waals surface area contributed by atoms with Gasteiger partial charge in [0, 0.05) is 12.4 Å². The van der Waals surface area contributed by atoms with Crippen LogP contribution >= 0.6 is 0 Å². The molecule has 82 valence electrons. The van der Waals surface area contributed by atoms with Crippen LogP contribution in [0.1, 0.15) is 18.6 Å². The number of carbonyl (C=O) groups is 1. The molecule has 0 aliphatic heterocycles. The van der Waals surface area contributed by atoms with Crippen molar-refractivity contribution >= 4 is 5.97 Å². The second-order valence-corrected chi connectivity index (χ2v) is 3.00. The van der Waals surface area contributed by atoms with E-state index in [2.05, 4.69) is 4.98 Å². The van der Waals surface area contributed by atoms with E-state index >= 15 is 0 Å². The lowest BCUT2D eigenvalue weighted by Gasteiger charge is -2.17. The Labute approximate surface area is 87.9 Å². The number of nitrogens with zero attached hydrogens (tertiary/aromatic N) is 1. The van der Waals surface area contributed by atoms with E-state index in [0.29, 0.717) is 5.56 Å². The van der Waals surface area contributed by atoms with Crippen molar-refractivity contribution < 1.29 is 14.6 Å². The zero-order valence-corrected chi connectivity index (χ0v) is 8.46. The second kappa shape index (κ2) is 5.43. The summed E-state index contributed by atoms with van der Waals surface area (Å²) in [6.45, 7) is 1.93. The second-order valence-electron chi connectivity index (χ2n) is 3.00. The van der Waals surface area contributed by atoms with Gasteiger partial charge < -0.3 is 15.6 Å². The van der Waals surface area contributed by atoms with E-state index in [1.54, 1.807) is 19.1 Å². The molecule has 0 saturated carbocycles. The van der Waals surface area contributed by atoms with E-state index < -0.39 is 18.1 Å². The Kier molecular flexibility index (Phi) is 4.20. The van der Waals surface area contributed by atoms with E-state index in [1.165, 1.54) is 12.4 Å². The van der Waals surface area contributed by atoms with Crippen LogP contribution in [0.15, 0.2) is 24.5 Å². The van der Waals surface area contributed by atoms with E-state index in [9.17, 15) is 9.90 Å². The number of hydrogen-bond acceptors (Lipinski definition) is 5. The first-order valence-electron chi connectivity index (χ1n) is 4.67. The monoisotopic (exact) mass is 210 g/mol. The molecule has 0 amide bonds. The first kappa shape index (κ1) is 11.6. The van der Waals surface area contributed by atoms with Crippen molar-refractivity contribution in [1.82, 2.24) is 4.98 Å². The summed E-state index contributed by atoms with van der Waals surface area (Å²) in [6.07, 6.45) is 1.99. The van der Waals surface area contributed by atoms with E-state index in [-0.39, 0.29) is 6.61 Å². The molecule has 1 aromatic rings. The van der Waals surface area contributed by atoms with Crippen LogP contribution in [-0.4, -0.2) is 28.7 Å². The largest absolute Gasteiger partial charge is 0.465 e. The molecule has 15 heavy (non-hydrogen) atoms. The van der Waals surface area contributed by atoms with Crippen molar-refractivity contribution in [3.8, 4) is 0 Å². The number of pyridine rings is 1. The quantitative estimate of drug-likeness (QED) is 0.683. The highest BCUT2D eigenvalue weighted by atomic mass is 16.5. The predicted molar refractivity (Wildman–Crippen MR) is 53.8 cm³/mol. The normalized spacial score (nSPS) is 14.3. The fraction of sp³-hybridized carbons (Fsp3) is 0.400. The molecule has 0 spiro atoms. The predicted octanol–water partition coefficient (Wildman–Crippen LogP) is 0.00540. The maximum absolute atomic E-state index is 11.2. The Bertz CT molecular complexity index is 316. The van der Waals surface area contributed by atoms with Crippen LogP contribution in [0, 0.1) is 0 Å². The lowest BCUT2D eigenvalue weighted by Crippen LogP contribution is -2.38. The molecule has 1 heterocycles. The first-order valence-corrected chi connectivity index (χ1v) is 4.67. The number of aromatic nitrogens is 1. The number of nitrogens with two attached hydrogens (primary N) is 1. The van der Waals surface area contributed by atoms with Crippen LogP contribution in [0.4, 0.5) is 0 Å². The molecule has 0 saturated heterocycles. The van der Waals surface area contributed by atoms with Crippen molar-refractivity contribution in [3.63, 3.8) is 0 Å². The van der Waals surface area contributed by atoms with Crippen LogP contribution in [0.5, 0.6) is 0 Å². The number of rotatable bonds is 4. The van der Waals surface area contributed by atoms with Crippen molar-refractivity contribution in [2.75, 3.05) is 6.61 Å². The summed E-state index contributed by atoms with van der Waals surface area (Å²) in [5.74, 6) is -0.609. The summed E-state index contributed by atoms with van der Waals surface area (Å²) in [5.41, 5.74) is 6.08. The van der Waals surface area contributed by atoms with Crippen LogP contribution in [0.3, 0.4) is 0 Å². The minimum Gasteiger partial charge on any atom is -0.465 e. The third-order valence-electron chi connectivity index (χ3n) is 1.95. The van der Waals surface area contributed by atoms with Crippen molar-refractivity contribution in [2.45, 2.75) is 19.1 Å². The summed E-state index contributed by atoms with van der Waals surface area (Å²) in [4.78, 5) is 15.0. The molecule has 0 fully saturated rings. The SMILES string of the molecule is CCOC(=O)[C@H](N)[C@@H](O)c1ccncc1. The Morgan fingerprint density at radius 1 is 1.60 bits per heavy atom. The Balaban J connectivity index is 2.68. The topological polar surface area (TPSA) is 85.4 Å². The lowest BCUT2D eigenvalue weighted by atomic mass is 10.0. The maximum Gasteiger partial charge on any atom is 0.325 e. The van der Waals surface area contributed by atoms with Gasteiger partial charge in [0.15, 0.2) is 0 Å². The molecule has 0 radical (unpaired) electrons. The number of aliphatic hydroxyl groups excluding tert-OH is 1. The maximum atomic E-state index is 11.2. The Morgan fingerprint density at radius 2 is 2.20 bits per heavy atom. The molecule has 1 aromatic heterocycles. The molecular formula is C10H14N2O3. The molecule has 2 atom stereocenters. The fourth-order valence-electron chi connectivity index (χ4n) is 1.14. The van der Waals surface area contributed by atoms with Gasteiger partial charge in [-0.2, -0.15) is 0 Å². The summed E-state index contributed by atoms with van der Waals surface area (Å²) < 4.78 is 4.71. The standard InChI is InChI=1S/C10H14N2O3/c1-2-15-10(14)8(11)9(13)7-3-5-12-6-4-7/h3-6,8-9,13H,2,11H2,1H3/t8-,9+/m1/s1. The zero-order chi connectivity index (χ0) is 11.3. The third kappa shape index (κ3) is 3.00. The van der Waals surface area contributed by atoms with Gasteiger partial charge in [-0.05, 0) is 24.6 Å². The molecule has 0 aliphatic rings. The van der Waals surface area contributed by atoms with Crippen molar-refractivity contribution in [2.24, 2.45) is 5.73 Å². The lowest BCUT2D eigenvalue weighted by molar-refractivity contribution is -0.147. The Hall–Kier alpha value is -1.46. The highest BCUT2D eigenvalue weighted by Gasteiger charge is 2.24. The number of hydrogen-bond donors (Lipinski definition) is 2. The van der Waals surface area contributed by atoms with Gasteiger partial charge in [-0.1, -0.05) is 0 Å². The summed E-state index contributed by atoms with van der Waals surface area (Å²) in [7, 11) is 0. The van der Waals surface area contributed by atoms with Gasteiger partial charge in [-0.3, -0.25) is 9.78 Å². The smallest absolute Gasteiger partial charge is 0.325 e. The number of aliphatic hydroxyl groups is 1. The molecule has 0 aliphatic carbocycles. The zero-order valence-electron chi connectivity index (χ0n) is 8.46. The highest BCUT2D eigenvalue weighted by Crippen LogP contribution is 2.14. The van der Waals surface area contributed by atoms with Gasteiger partial charge in [0.05, 0.1) is 6.61 Å². The van der Waals surface area contributed by atoms with Gasteiger partial charge in [-0.15, -0.1) is 0 Å². The molecule has 0 aromatic carbocycles. The van der Waals surface area contributed by atoms with E-state index in [4.69, 9.17) is 10.5 Å². The summed E-state index contributed by atoms with van der Waals surface area (Å²) in [6, 6.07) is 2.14. The number of ether oxygens (including phenoxy) is 1. The van der Waals surface area contributed by atoms with Gasteiger partial charge in [0.25, 0.3) is 0 Å². The van der Waals surface area contributed by atoms with Crippen LogP contribution < -0.4 is 5.73 Å². The first-order chi connectivity index (χ1) is 7.16. The van der Waals surface area contributed by atoms with Crippen LogP contribution in [0.25, 0.3) is 0 Å². The van der Waals surface area contributed by atoms with Crippen molar-refractivity contribution in [1.29, 1.82) is 0 Å². The molecule has 3 N–H and O–H groups in total. The summed E-state index contributed by atoms with van der Waals surface area (Å²) >= 11 is 0. The van der Waals surface area contributed by atoms with Gasteiger partial charge in [-0.25, -0.2) is 0 Å². The minimum absolute atomic E-state index is 0.246. The molecule has 1 rings (SSSR count). The average molecular weight is 210 g/mol. The van der Waals surface area contributed by atoms with E-state index in [1.807, 2.05) is 0 Å². The molecule has 5 heteroatoms. The number of carbonyl (C=O) groups excluding carboxylic acids is 1. The van der Waals surface area contributed by atoms with Gasteiger partial charge >= 0.3 is 5.97 Å². The van der Waals surface area contributed by atoms with Crippen molar-refractivity contribution in [3.05, 3.63) is 30.1 Å². The third-order valence-corrected chi connectivity index (χ3v) is 1.95. The molecule has 0 unspecified atom stereocenters. The summed E-state index contributed by atoms with van der Waals surface area (Å²) in [5, 5.41) is 9.73. The highest BCUT2D eigenvalue weighted by molar-refractivity contribution is 5.76. The molecule has 5 nitrogen and oxygen atoms in total. The molecular weight excluding hydrogens is 196 g/mol. The van der Waals surface area contributed by atoms with Crippen LogP contribution in [-0.2, 0) is 9.53 Å². The average Bonchev–Trinajstić information content (AvgIpc) is 2.28. The molecule has 0 bridgehead atoms. The van der Waals surface area contributed by atoms with Crippen LogP contribution in [0.2, 0.25) is 0 Å².